The molecule has 1 aromatic rings. The van der Waals surface area contributed by atoms with Crippen LogP contribution in [0.15, 0.2) is 32.2 Å². The number of carbonyl (C=O) groups is 2. The van der Waals surface area contributed by atoms with Crippen molar-refractivity contribution in [3.63, 3.8) is 0 Å². The molecule has 0 heterocycles. The molecule has 13 heteroatoms. The van der Waals surface area contributed by atoms with Gasteiger partial charge in [0.2, 0.25) is 0 Å². The fourth-order valence-electron chi connectivity index (χ4n) is 4.83. The van der Waals surface area contributed by atoms with Crippen molar-refractivity contribution in [1.82, 2.24) is 0 Å². The van der Waals surface area contributed by atoms with Gasteiger partial charge in [0.15, 0.2) is 5.78 Å². The average molecular weight is 567 g/mol. The van der Waals surface area contributed by atoms with Gasteiger partial charge >= 0.3 is 16.1 Å². The van der Waals surface area contributed by atoms with Crippen molar-refractivity contribution in [2.45, 2.75) is 41.3 Å². The predicted octanol–water partition coefficient (Wildman–Crippen LogP) is 3.79. The number of rotatable bonds is 7. The fourth-order valence-corrected chi connectivity index (χ4v) is 9.25. The number of fused-ring (bicyclic) bond motifs is 2. The Kier molecular flexibility index (Phi) is 6.96. The Balaban J connectivity index is 1.98. The van der Waals surface area contributed by atoms with Crippen LogP contribution in [-0.2, 0) is 25.7 Å². The summed E-state index contributed by atoms with van der Waals surface area (Å²) in [5, 5.41) is 7.06. The van der Waals surface area contributed by atoms with Crippen LogP contribution in [0.25, 0.3) is 0 Å². The zero-order valence-electron chi connectivity index (χ0n) is 18.0. The van der Waals surface area contributed by atoms with E-state index in [1.54, 1.807) is 6.26 Å². The maximum absolute atomic E-state index is 13.1. The maximum Gasteiger partial charge on any atom is 0.356 e. The highest BCUT2D eigenvalue weighted by molar-refractivity contribution is 9.10. The molecule has 0 unspecified atom stereocenters. The zero-order chi connectivity index (χ0) is 24.1. The number of nitrogens with zero attached hydrogens (tertiary/aromatic N) is 2. The molecule has 0 aromatic heterocycles. The molecule has 2 bridgehead atoms. The summed E-state index contributed by atoms with van der Waals surface area (Å²) in [6, 6.07) is 1.68. The van der Waals surface area contributed by atoms with Crippen molar-refractivity contribution in [2.75, 3.05) is 18.3 Å². The molecule has 2 N–H and O–H groups in total. The molecule has 1 aromatic carbocycles. The highest BCUT2D eigenvalue weighted by Gasteiger charge is 2.69. The number of halogens is 1. The highest BCUT2D eigenvalue weighted by atomic mass is 79.9. The summed E-state index contributed by atoms with van der Waals surface area (Å²) >= 11 is 4.64. The summed E-state index contributed by atoms with van der Waals surface area (Å²) in [6.07, 6.45) is 4.33. The highest BCUT2D eigenvalue weighted by Crippen LogP contribution is 2.65. The third-order valence-electron chi connectivity index (χ3n) is 6.56. The van der Waals surface area contributed by atoms with Gasteiger partial charge in [0, 0.05) is 17.2 Å². The number of alkyl halides is 1. The molecule has 176 valence electrons. The molecule has 2 amide bonds. The number of carbonyl (C=O) groups excluding carboxylic acids is 2. The number of urea groups is 1. The van der Waals surface area contributed by atoms with E-state index in [1.165, 1.54) is 30.2 Å². The van der Waals surface area contributed by atoms with Gasteiger partial charge in [-0.15, -0.1) is 16.9 Å². The van der Waals surface area contributed by atoms with Crippen molar-refractivity contribution in [3.05, 3.63) is 12.1 Å². The summed E-state index contributed by atoms with van der Waals surface area (Å²) < 4.78 is 43.8. The minimum absolute atomic E-state index is 0.0535. The number of primary amides is 1. The van der Waals surface area contributed by atoms with E-state index in [4.69, 9.17) is 9.92 Å². The summed E-state index contributed by atoms with van der Waals surface area (Å²) in [7, 11) is -5.76. The van der Waals surface area contributed by atoms with Gasteiger partial charge < -0.3 is 9.92 Å². The van der Waals surface area contributed by atoms with Gasteiger partial charge in [0.25, 0.3) is 0 Å². The number of nitrogens with two attached hydrogens (primary N) is 1. The van der Waals surface area contributed by atoms with Crippen LogP contribution in [0.4, 0.5) is 10.5 Å². The number of azo groups is 1. The second-order valence-electron chi connectivity index (χ2n) is 8.46. The van der Waals surface area contributed by atoms with Crippen LogP contribution in [0.2, 0.25) is 0 Å². The molecule has 2 aliphatic carbocycles. The number of thioether (sulfide) groups is 1. The summed E-state index contributed by atoms with van der Waals surface area (Å²) in [6.45, 7) is 3.87. The molecule has 2 fully saturated rings. The van der Waals surface area contributed by atoms with E-state index in [-0.39, 0.29) is 32.9 Å². The van der Waals surface area contributed by atoms with Crippen LogP contribution in [-0.4, -0.2) is 47.5 Å². The summed E-state index contributed by atoms with van der Waals surface area (Å²) in [5.41, 5.74) is 3.63. The fraction of sp³-hybridized carbons (Fsp3) is 0.579. The molecule has 9 nitrogen and oxygen atoms in total. The Bertz CT molecular complexity index is 1140. The minimum atomic E-state index is -4.17. The van der Waals surface area contributed by atoms with Crippen LogP contribution in [0.1, 0.15) is 26.7 Å². The molecular formula is C19H24BrN3O6S3. The molecule has 2 saturated carbocycles. The Labute approximate surface area is 202 Å². The number of amides is 2. The Morgan fingerprint density at radius 2 is 2.06 bits per heavy atom. The molecule has 0 saturated heterocycles. The second kappa shape index (κ2) is 8.80. The summed E-state index contributed by atoms with van der Waals surface area (Å²) in [5.74, 6) is -0.528. The van der Waals surface area contributed by atoms with E-state index in [2.05, 4.69) is 26.2 Å². The SMILES string of the molecule is CSc1cc(OS(=O)(=O)C[C@]23CC[C@H]([C@@H](Br)C2=O)C3(C)C)cc([S@](C)=O)c1N=NC(N)=O. The number of hydrogen-bond acceptors (Lipinski definition) is 8. The molecule has 2 aliphatic rings. The lowest BCUT2D eigenvalue weighted by molar-refractivity contribution is -0.127. The first-order valence-corrected chi connectivity index (χ1v) is 14.9. The lowest BCUT2D eigenvalue weighted by Gasteiger charge is -2.35. The molecule has 0 radical (unpaired) electrons. The minimum Gasteiger partial charge on any atom is -0.382 e. The lowest BCUT2D eigenvalue weighted by atomic mass is 9.70. The van der Waals surface area contributed by atoms with Gasteiger partial charge in [-0.3, -0.25) is 9.00 Å². The topological polar surface area (TPSA) is 145 Å². The Hall–Kier alpha value is -1.31. The first-order valence-electron chi connectivity index (χ1n) is 9.63. The number of benzene rings is 1. The molecule has 0 aliphatic heterocycles. The molecule has 0 spiro atoms. The monoisotopic (exact) mass is 565 g/mol. The van der Waals surface area contributed by atoms with Crippen molar-refractivity contribution in [3.8, 4) is 5.75 Å². The van der Waals surface area contributed by atoms with Gasteiger partial charge in [0.1, 0.15) is 11.4 Å². The van der Waals surface area contributed by atoms with E-state index in [9.17, 15) is 22.2 Å². The third kappa shape index (κ3) is 4.28. The van der Waals surface area contributed by atoms with Crippen molar-refractivity contribution < 1.29 is 26.4 Å². The summed E-state index contributed by atoms with van der Waals surface area (Å²) in [4.78, 5) is 24.1. The number of ketones is 1. The van der Waals surface area contributed by atoms with Gasteiger partial charge in [-0.2, -0.15) is 8.42 Å². The molecule has 32 heavy (non-hydrogen) atoms. The van der Waals surface area contributed by atoms with Crippen LogP contribution >= 0.6 is 27.7 Å². The van der Waals surface area contributed by atoms with E-state index in [0.717, 1.165) is 6.42 Å². The Morgan fingerprint density at radius 1 is 1.41 bits per heavy atom. The van der Waals surface area contributed by atoms with Crippen LogP contribution in [0, 0.1) is 16.7 Å². The van der Waals surface area contributed by atoms with Crippen molar-refractivity contribution in [1.29, 1.82) is 0 Å². The first kappa shape index (κ1) is 25.3. The number of Topliss-reactive ketones (excluding diaryl/α,β-unsaturated/α-hetero) is 1. The second-order valence-corrected chi connectivity index (χ2v) is 13.2. The van der Waals surface area contributed by atoms with E-state index < -0.39 is 43.5 Å². The predicted molar refractivity (Wildman–Crippen MR) is 126 cm³/mol. The van der Waals surface area contributed by atoms with Gasteiger partial charge in [-0.05, 0) is 36.5 Å². The Morgan fingerprint density at radius 3 is 2.56 bits per heavy atom. The first-order chi connectivity index (χ1) is 14.8. The lowest BCUT2D eigenvalue weighted by Crippen LogP contribution is -2.44. The quantitative estimate of drug-likeness (QED) is 0.229. The standard InChI is InChI=1S/C19H24BrN3O6S3/c1-18(2)11-5-6-19(18,16(24)14(11)20)9-32(27,28)29-10-7-12(30-3)15(22-23-17(21)25)13(8-10)31(4)26/h7-8,11,14H,5-6,9H2,1-4H3,(H2,21,25)/t11-,14-,19-,31+/m1/s1. The zero-order valence-corrected chi connectivity index (χ0v) is 22.0. The largest absolute Gasteiger partial charge is 0.382 e. The van der Waals surface area contributed by atoms with Crippen LogP contribution < -0.4 is 9.92 Å². The van der Waals surface area contributed by atoms with Crippen LogP contribution in [0.3, 0.4) is 0 Å². The van der Waals surface area contributed by atoms with E-state index >= 15 is 0 Å². The smallest absolute Gasteiger partial charge is 0.356 e. The van der Waals surface area contributed by atoms with E-state index in [0.29, 0.717) is 11.3 Å². The van der Waals surface area contributed by atoms with Crippen molar-refractivity contribution in [2.24, 2.45) is 32.7 Å². The molecule has 3 rings (SSSR count). The van der Waals surface area contributed by atoms with Gasteiger partial charge in [-0.1, -0.05) is 34.9 Å². The van der Waals surface area contributed by atoms with Gasteiger partial charge in [-0.25, -0.2) is 4.79 Å². The van der Waals surface area contributed by atoms with Crippen molar-refractivity contribution >= 4 is 66.1 Å². The normalized spacial score (nSPS) is 27.7. The number of hydrogen-bond donors (Lipinski definition) is 1. The average Bonchev–Trinajstić information content (AvgIpc) is 3.00. The third-order valence-corrected chi connectivity index (χ3v) is 10.6. The van der Waals surface area contributed by atoms with E-state index in [1.807, 2.05) is 13.8 Å². The molecular weight excluding hydrogens is 542 g/mol. The van der Waals surface area contributed by atoms with Crippen LogP contribution in [0.5, 0.6) is 5.75 Å². The molecule has 4 atom stereocenters. The van der Waals surface area contributed by atoms with Gasteiger partial charge in [0.05, 0.1) is 31.7 Å². The maximum atomic E-state index is 13.1.